The molecular weight excluding hydrogens is 396 g/mol. The molecule has 0 saturated heterocycles. The maximum absolute atomic E-state index is 11.9. The van der Waals surface area contributed by atoms with Crippen LogP contribution in [-0.4, -0.2) is 18.5 Å². The molecule has 24 heavy (non-hydrogen) atoms. The van der Waals surface area contributed by atoms with Crippen molar-refractivity contribution in [2.24, 2.45) is 0 Å². The highest BCUT2D eigenvalue weighted by atomic mass is 79.9. The monoisotopic (exact) mass is 410 g/mol. The molecule has 0 aliphatic carbocycles. The highest BCUT2D eigenvalue weighted by Crippen LogP contribution is 2.19. The standard InChI is InChI=1S/C17H16BrClN2O3/c1-10(11-2-4-12(18)5-3-11)21-16(22)9-24-17(23)14-7-6-13(19)8-15(14)20/h2-8,10H,9,20H2,1H3,(H,21,22)/t10-/m0/s1. The first-order valence-electron chi connectivity index (χ1n) is 7.14. The highest BCUT2D eigenvalue weighted by Gasteiger charge is 2.15. The molecule has 0 heterocycles. The van der Waals surface area contributed by atoms with Crippen LogP contribution < -0.4 is 11.1 Å². The molecule has 0 spiro atoms. The Kier molecular flexibility index (Phi) is 6.23. The Morgan fingerprint density at radius 3 is 2.54 bits per heavy atom. The molecule has 0 aromatic heterocycles. The van der Waals surface area contributed by atoms with Gasteiger partial charge in [0.1, 0.15) is 0 Å². The van der Waals surface area contributed by atoms with Crippen LogP contribution in [0.15, 0.2) is 46.9 Å². The summed E-state index contributed by atoms with van der Waals surface area (Å²) in [6.45, 7) is 1.46. The minimum Gasteiger partial charge on any atom is -0.452 e. The van der Waals surface area contributed by atoms with E-state index in [-0.39, 0.29) is 23.9 Å². The number of esters is 1. The molecule has 0 bridgehead atoms. The van der Waals surface area contributed by atoms with Crippen molar-refractivity contribution in [3.63, 3.8) is 0 Å². The number of benzene rings is 2. The molecule has 3 N–H and O–H groups in total. The van der Waals surface area contributed by atoms with Gasteiger partial charge in [-0.15, -0.1) is 0 Å². The lowest BCUT2D eigenvalue weighted by atomic mass is 10.1. The van der Waals surface area contributed by atoms with Gasteiger partial charge in [-0.25, -0.2) is 4.79 Å². The fourth-order valence-electron chi connectivity index (χ4n) is 2.05. The topological polar surface area (TPSA) is 81.4 Å². The summed E-state index contributed by atoms with van der Waals surface area (Å²) in [6, 6.07) is 11.8. The molecule has 5 nitrogen and oxygen atoms in total. The van der Waals surface area contributed by atoms with Gasteiger partial charge in [0.2, 0.25) is 0 Å². The quantitative estimate of drug-likeness (QED) is 0.580. The second-order valence-corrected chi connectivity index (χ2v) is 6.50. The number of nitrogen functional groups attached to an aromatic ring is 1. The van der Waals surface area contributed by atoms with Crippen LogP contribution in [0.4, 0.5) is 5.69 Å². The third-order valence-electron chi connectivity index (χ3n) is 3.32. The Labute approximate surface area is 153 Å². The van der Waals surface area contributed by atoms with Crippen molar-refractivity contribution in [2.45, 2.75) is 13.0 Å². The molecule has 1 amide bonds. The average Bonchev–Trinajstić information content (AvgIpc) is 2.53. The number of hydrogen-bond donors (Lipinski definition) is 2. The van der Waals surface area contributed by atoms with Crippen LogP contribution in [0.3, 0.4) is 0 Å². The van der Waals surface area contributed by atoms with Crippen LogP contribution in [-0.2, 0) is 9.53 Å². The zero-order valence-electron chi connectivity index (χ0n) is 12.9. The molecule has 0 aliphatic rings. The number of carbonyl (C=O) groups excluding carboxylic acids is 2. The summed E-state index contributed by atoms with van der Waals surface area (Å²) >= 11 is 9.13. The van der Waals surface area contributed by atoms with Gasteiger partial charge in [0, 0.05) is 15.2 Å². The van der Waals surface area contributed by atoms with Gasteiger partial charge < -0.3 is 15.8 Å². The normalized spacial score (nSPS) is 11.6. The Bertz CT molecular complexity index is 750. The first-order chi connectivity index (χ1) is 11.4. The first kappa shape index (κ1) is 18.3. The van der Waals surface area contributed by atoms with Crippen molar-refractivity contribution in [2.75, 3.05) is 12.3 Å². The van der Waals surface area contributed by atoms with E-state index in [1.807, 2.05) is 31.2 Å². The van der Waals surface area contributed by atoms with Crippen molar-refractivity contribution in [1.82, 2.24) is 5.32 Å². The van der Waals surface area contributed by atoms with Gasteiger partial charge in [-0.2, -0.15) is 0 Å². The summed E-state index contributed by atoms with van der Waals surface area (Å²) in [7, 11) is 0. The van der Waals surface area contributed by atoms with Crippen molar-refractivity contribution in [3.8, 4) is 0 Å². The van der Waals surface area contributed by atoms with Crippen LogP contribution in [0.5, 0.6) is 0 Å². The number of amides is 1. The third-order valence-corrected chi connectivity index (χ3v) is 4.08. The molecule has 0 fully saturated rings. The first-order valence-corrected chi connectivity index (χ1v) is 8.31. The molecule has 2 rings (SSSR count). The molecule has 2 aromatic rings. The van der Waals surface area contributed by atoms with E-state index in [1.165, 1.54) is 18.2 Å². The zero-order valence-corrected chi connectivity index (χ0v) is 15.2. The van der Waals surface area contributed by atoms with E-state index in [2.05, 4.69) is 21.2 Å². The number of hydrogen-bond acceptors (Lipinski definition) is 4. The molecule has 126 valence electrons. The van der Waals surface area contributed by atoms with E-state index in [4.69, 9.17) is 22.1 Å². The summed E-state index contributed by atoms with van der Waals surface area (Å²) in [4.78, 5) is 23.9. The lowest BCUT2D eigenvalue weighted by molar-refractivity contribution is -0.124. The maximum atomic E-state index is 11.9. The highest BCUT2D eigenvalue weighted by molar-refractivity contribution is 9.10. The maximum Gasteiger partial charge on any atom is 0.340 e. The number of carbonyl (C=O) groups is 2. The molecule has 0 unspecified atom stereocenters. The fourth-order valence-corrected chi connectivity index (χ4v) is 2.49. The van der Waals surface area contributed by atoms with E-state index >= 15 is 0 Å². The van der Waals surface area contributed by atoms with Gasteiger partial charge in [-0.05, 0) is 42.8 Å². The Balaban J connectivity index is 1.88. The van der Waals surface area contributed by atoms with Crippen LogP contribution in [0.2, 0.25) is 5.02 Å². The summed E-state index contributed by atoms with van der Waals surface area (Å²) < 4.78 is 5.94. The van der Waals surface area contributed by atoms with Gasteiger partial charge in [-0.3, -0.25) is 4.79 Å². The molecule has 0 aliphatic heterocycles. The second kappa shape index (κ2) is 8.17. The predicted molar refractivity (Wildman–Crippen MR) is 96.8 cm³/mol. The summed E-state index contributed by atoms with van der Waals surface area (Å²) in [5.74, 6) is -1.07. The number of nitrogens with one attached hydrogen (secondary N) is 1. The van der Waals surface area contributed by atoms with E-state index in [1.54, 1.807) is 0 Å². The Morgan fingerprint density at radius 2 is 1.92 bits per heavy atom. The number of anilines is 1. The van der Waals surface area contributed by atoms with Crippen LogP contribution in [0, 0.1) is 0 Å². The average molecular weight is 412 g/mol. The van der Waals surface area contributed by atoms with Crippen molar-refractivity contribution in [3.05, 3.63) is 63.1 Å². The van der Waals surface area contributed by atoms with Crippen LogP contribution in [0.1, 0.15) is 28.9 Å². The number of rotatable bonds is 5. The van der Waals surface area contributed by atoms with E-state index in [0.29, 0.717) is 5.02 Å². The van der Waals surface area contributed by atoms with Gasteiger partial charge in [-0.1, -0.05) is 39.7 Å². The lowest BCUT2D eigenvalue weighted by Crippen LogP contribution is -2.31. The molecular formula is C17H16BrClN2O3. The van der Waals surface area contributed by atoms with E-state index in [0.717, 1.165) is 10.0 Å². The van der Waals surface area contributed by atoms with E-state index < -0.39 is 11.9 Å². The Hall–Kier alpha value is -2.05. The minimum atomic E-state index is -0.671. The van der Waals surface area contributed by atoms with Crippen LogP contribution in [0.25, 0.3) is 0 Å². The SMILES string of the molecule is C[C@H](NC(=O)COC(=O)c1ccc(Cl)cc1N)c1ccc(Br)cc1. The minimum absolute atomic E-state index is 0.174. The van der Waals surface area contributed by atoms with Crippen molar-refractivity contribution in [1.29, 1.82) is 0 Å². The van der Waals surface area contributed by atoms with Crippen molar-refractivity contribution < 1.29 is 14.3 Å². The molecule has 2 aromatic carbocycles. The summed E-state index contributed by atoms with van der Waals surface area (Å²) in [5.41, 5.74) is 7.03. The number of halogens is 2. The summed E-state index contributed by atoms with van der Waals surface area (Å²) in [6.07, 6.45) is 0. The third kappa shape index (κ3) is 4.97. The summed E-state index contributed by atoms with van der Waals surface area (Å²) in [5, 5.41) is 3.18. The predicted octanol–water partition coefficient (Wildman–Crippen LogP) is 3.72. The number of nitrogens with two attached hydrogens (primary N) is 1. The molecule has 0 radical (unpaired) electrons. The van der Waals surface area contributed by atoms with Gasteiger partial charge >= 0.3 is 5.97 Å². The number of ether oxygens (including phenoxy) is 1. The van der Waals surface area contributed by atoms with E-state index in [9.17, 15) is 9.59 Å². The van der Waals surface area contributed by atoms with Gasteiger partial charge in [0.05, 0.1) is 11.6 Å². The molecule has 0 saturated carbocycles. The van der Waals surface area contributed by atoms with Crippen molar-refractivity contribution >= 4 is 45.1 Å². The fraction of sp³-hybridized carbons (Fsp3) is 0.176. The zero-order chi connectivity index (χ0) is 17.7. The van der Waals surface area contributed by atoms with Gasteiger partial charge in [0.15, 0.2) is 6.61 Å². The Morgan fingerprint density at radius 1 is 1.25 bits per heavy atom. The smallest absolute Gasteiger partial charge is 0.340 e. The molecule has 1 atom stereocenters. The van der Waals surface area contributed by atoms with Gasteiger partial charge in [0.25, 0.3) is 5.91 Å². The molecule has 7 heteroatoms. The van der Waals surface area contributed by atoms with Crippen LogP contribution >= 0.6 is 27.5 Å². The largest absolute Gasteiger partial charge is 0.452 e. The lowest BCUT2D eigenvalue weighted by Gasteiger charge is -2.14. The second-order valence-electron chi connectivity index (χ2n) is 5.15.